The van der Waals surface area contributed by atoms with Crippen LogP contribution in [-0.4, -0.2) is 36.5 Å². The number of furan rings is 1. The molecule has 6 heteroatoms. The van der Waals surface area contributed by atoms with Gasteiger partial charge in [-0.15, -0.1) is 0 Å². The number of ether oxygens (including phenoxy) is 2. The highest BCUT2D eigenvalue weighted by atomic mass is 16.6. The first kappa shape index (κ1) is 20.5. The Morgan fingerprint density at radius 3 is 2.39 bits per heavy atom. The number of carbonyl (C=O) groups excluding carboxylic acids is 2. The van der Waals surface area contributed by atoms with E-state index in [1.165, 1.54) is 17.2 Å². The minimum atomic E-state index is -0.670. The Labute approximate surface area is 180 Å². The maximum Gasteiger partial charge on any atom is 0.374 e. The first-order chi connectivity index (χ1) is 15.2. The van der Waals surface area contributed by atoms with Crippen molar-refractivity contribution in [1.82, 2.24) is 4.90 Å². The maximum atomic E-state index is 12.4. The van der Waals surface area contributed by atoms with Crippen LogP contribution in [0.25, 0.3) is 5.57 Å². The van der Waals surface area contributed by atoms with E-state index in [1.54, 1.807) is 11.0 Å². The maximum absolute atomic E-state index is 12.4. The fourth-order valence-corrected chi connectivity index (χ4v) is 3.34. The first-order valence-corrected chi connectivity index (χ1v) is 10.1. The molecule has 0 unspecified atom stereocenters. The number of esters is 1. The van der Waals surface area contributed by atoms with Gasteiger partial charge in [0.2, 0.25) is 5.76 Å². The molecule has 0 aliphatic carbocycles. The zero-order chi connectivity index (χ0) is 21.5. The van der Waals surface area contributed by atoms with E-state index in [9.17, 15) is 9.59 Å². The predicted molar refractivity (Wildman–Crippen MR) is 115 cm³/mol. The lowest BCUT2D eigenvalue weighted by Crippen LogP contribution is -2.37. The molecule has 0 saturated heterocycles. The van der Waals surface area contributed by atoms with Gasteiger partial charge in [0, 0.05) is 13.1 Å². The topological polar surface area (TPSA) is 69.0 Å². The lowest BCUT2D eigenvalue weighted by atomic mass is 10.00. The highest BCUT2D eigenvalue weighted by Gasteiger charge is 2.21. The number of nitrogens with zero attached hydrogens (tertiary/aromatic N) is 1. The fraction of sp³-hybridized carbons (Fsp3) is 0.200. The summed E-state index contributed by atoms with van der Waals surface area (Å²) in [5, 5.41) is 0. The van der Waals surface area contributed by atoms with E-state index in [0.29, 0.717) is 24.6 Å². The molecule has 2 aromatic carbocycles. The van der Waals surface area contributed by atoms with Crippen molar-refractivity contribution >= 4 is 17.4 Å². The molecule has 31 heavy (non-hydrogen) atoms. The number of rotatable bonds is 7. The van der Waals surface area contributed by atoms with Gasteiger partial charge in [-0.05, 0) is 41.8 Å². The highest BCUT2D eigenvalue weighted by molar-refractivity contribution is 5.89. The molecule has 6 nitrogen and oxygen atoms in total. The van der Waals surface area contributed by atoms with Gasteiger partial charge in [0.05, 0.1) is 0 Å². The summed E-state index contributed by atoms with van der Waals surface area (Å²) in [6.07, 6.45) is 2.82. The van der Waals surface area contributed by atoms with Crippen LogP contribution in [0.1, 0.15) is 28.3 Å². The summed E-state index contributed by atoms with van der Waals surface area (Å²) in [5.41, 5.74) is 2.40. The molecule has 1 aliphatic rings. The Balaban J connectivity index is 1.24. The molecule has 0 bridgehead atoms. The van der Waals surface area contributed by atoms with Gasteiger partial charge in [0.15, 0.2) is 6.61 Å². The van der Waals surface area contributed by atoms with Gasteiger partial charge in [0.25, 0.3) is 5.91 Å². The van der Waals surface area contributed by atoms with Crippen molar-refractivity contribution in [2.45, 2.75) is 13.0 Å². The van der Waals surface area contributed by atoms with Gasteiger partial charge in [0.1, 0.15) is 18.1 Å². The SMILES string of the molecule is O=C(OCC(=O)N1CC=C(c2ccccc2)CC1)c1ccc(COc2ccccc2)o1. The Hall–Kier alpha value is -3.80. The minimum absolute atomic E-state index is 0.0457. The van der Waals surface area contributed by atoms with E-state index in [0.717, 1.165) is 6.42 Å². The van der Waals surface area contributed by atoms with Crippen molar-refractivity contribution in [2.24, 2.45) is 0 Å². The van der Waals surface area contributed by atoms with Crippen molar-refractivity contribution in [1.29, 1.82) is 0 Å². The van der Waals surface area contributed by atoms with E-state index in [1.807, 2.05) is 54.6 Å². The van der Waals surface area contributed by atoms with Gasteiger partial charge in [-0.2, -0.15) is 0 Å². The molecular formula is C25H23NO5. The molecule has 158 valence electrons. The highest BCUT2D eigenvalue weighted by Crippen LogP contribution is 2.22. The van der Waals surface area contributed by atoms with Crippen LogP contribution in [0.5, 0.6) is 5.75 Å². The van der Waals surface area contributed by atoms with Crippen LogP contribution < -0.4 is 4.74 Å². The lowest BCUT2D eigenvalue weighted by molar-refractivity contribution is -0.134. The first-order valence-electron chi connectivity index (χ1n) is 10.1. The summed E-state index contributed by atoms with van der Waals surface area (Å²) in [7, 11) is 0. The standard InChI is InChI=1S/C25H23NO5/c27-24(26-15-13-20(14-16-26)19-7-3-1-4-8-19)18-30-25(28)23-12-11-22(31-23)17-29-21-9-5-2-6-10-21/h1-13H,14-18H2. The van der Waals surface area contributed by atoms with Gasteiger partial charge in [-0.1, -0.05) is 54.6 Å². The van der Waals surface area contributed by atoms with E-state index in [-0.39, 0.29) is 24.9 Å². The number of hydrogen-bond donors (Lipinski definition) is 0. The minimum Gasteiger partial charge on any atom is -0.486 e. The Kier molecular flexibility index (Phi) is 6.47. The van der Waals surface area contributed by atoms with Crippen molar-refractivity contribution in [2.75, 3.05) is 19.7 Å². The lowest BCUT2D eigenvalue weighted by Gasteiger charge is -2.26. The third-order valence-electron chi connectivity index (χ3n) is 5.02. The van der Waals surface area contributed by atoms with Crippen LogP contribution in [0, 0.1) is 0 Å². The summed E-state index contributed by atoms with van der Waals surface area (Å²) in [6, 6.07) is 22.6. The summed E-state index contributed by atoms with van der Waals surface area (Å²) in [5.74, 6) is 0.355. The van der Waals surface area contributed by atoms with Gasteiger partial charge in [-0.25, -0.2) is 4.79 Å². The van der Waals surface area contributed by atoms with Crippen LogP contribution in [-0.2, 0) is 16.1 Å². The second-order valence-corrected chi connectivity index (χ2v) is 7.13. The molecule has 0 radical (unpaired) electrons. The Morgan fingerprint density at radius 1 is 0.935 bits per heavy atom. The summed E-state index contributed by atoms with van der Waals surface area (Å²) < 4.78 is 16.2. The van der Waals surface area contributed by atoms with Crippen molar-refractivity contribution < 1.29 is 23.5 Å². The number of hydrogen-bond acceptors (Lipinski definition) is 5. The number of para-hydroxylation sites is 1. The number of carbonyl (C=O) groups is 2. The smallest absolute Gasteiger partial charge is 0.374 e. The van der Waals surface area contributed by atoms with Crippen LogP contribution in [0.4, 0.5) is 0 Å². The largest absolute Gasteiger partial charge is 0.486 e. The van der Waals surface area contributed by atoms with Crippen molar-refractivity contribution in [3.8, 4) is 5.75 Å². The average molecular weight is 417 g/mol. The van der Waals surface area contributed by atoms with Gasteiger partial charge in [-0.3, -0.25) is 4.79 Å². The molecule has 0 N–H and O–H groups in total. The molecule has 0 saturated carbocycles. The molecule has 4 rings (SSSR count). The quantitative estimate of drug-likeness (QED) is 0.535. The predicted octanol–water partition coefficient (Wildman–Crippen LogP) is 4.33. The molecule has 2 heterocycles. The summed E-state index contributed by atoms with van der Waals surface area (Å²) in [4.78, 5) is 26.3. The van der Waals surface area contributed by atoms with Crippen molar-refractivity contribution in [3.63, 3.8) is 0 Å². The zero-order valence-electron chi connectivity index (χ0n) is 17.0. The second kappa shape index (κ2) is 9.80. The molecule has 0 fully saturated rings. The summed E-state index contributed by atoms with van der Waals surface area (Å²) >= 11 is 0. The van der Waals surface area contributed by atoms with Crippen LogP contribution in [0.3, 0.4) is 0 Å². The molecule has 0 spiro atoms. The third kappa shape index (κ3) is 5.42. The monoisotopic (exact) mass is 417 g/mol. The number of amides is 1. The molecule has 1 aromatic heterocycles. The molecule has 1 aliphatic heterocycles. The molecule has 0 atom stereocenters. The average Bonchev–Trinajstić information content (AvgIpc) is 3.32. The van der Waals surface area contributed by atoms with Crippen molar-refractivity contribution in [3.05, 3.63) is 96.0 Å². The Morgan fingerprint density at radius 2 is 1.68 bits per heavy atom. The van der Waals surface area contributed by atoms with E-state index >= 15 is 0 Å². The van der Waals surface area contributed by atoms with E-state index in [4.69, 9.17) is 13.9 Å². The van der Waals surface area contributed by atoms with E-state index in [2.05, 4.69) is 12.1 Å². The third-order valence-corrected chi connectivity index (χ3v) is 5.02. The molecule has 1 amide bonds. The zero-order valence-corrected chi connectivity index (χ0v) is 17.0. The second-order valence-electron chi connectivity index (χ2n) is 7.13. The van der Waals surface area contributed by atoms with Crippen LogP contribution in [0.15, 0.2) is 83.3 Å². The van der Waals surface area contributed by atoms with Gasteiger partial charge >= 0.3 is 5.97 Å². The summed E-state index contributed by atoms with van der Waals surface area (Å²) in [6.45, 7) is 0.977. The molecule has 3 aromatic rings. The number of benzene rings is 2. The normalized spacial score (nSPS) is 13.4. The van der Waals surface area contributed by atoms with Gasteiger partial charge < -0.3 is 18.8 Å². The van der Waals surface area contributed by atoms with E-state index < -0.39 is 5.97 Å². The van der Waals surface area contributed by atoms with Crippen LogP contribution >= 0.6 is 0 Å². The fourth-order valence-electron chi connectivity index (χ4n) is 3.34. The molecular weight excluding hydrogens is 394 g/mol. The Bertz CT molecular complexity index is 1060. The van der Waals surface area contributed by atoms with Crippen LogP contribution in [0.2, 0.25) is 0 Å².